The number of nitrogens with zero attached hydrogens (tertiary/aromatic N) is 1. The van der Waals surface area contributed by atoms with Gasteiger partial charge in [0.2, 0.25) is 0 Å². The average molecular weight is 479 g/mol. The topological polar surface area (TPSA) is 82.7 Å². The molecule has 0 heterocycles. The molecule has 0 unspecified atom stereocenters. The van der Waals surface area contributed by atoms with Crippen LogP contribution in [0.5, 0.6) is 0 Å². The zero-order chi connectivity index (χ0) is 24.9. The van der Waals surface area contributed by atoms with Gasteiger partial charge in [0.1, 0.15) is 0 Å². The molecular formula is C28H38N4O3. The maximum atomic E-state index is 13.0. The summed E-state index contributed by atoms with van der Waals surface area (Å²) in [6.07, 6.45) is 3.81. The molecule has 3 N–H and O–H groups in total. The van der Waals surface area contributed by atoms with Crippen LogP contribution in [0.3, 0.4) is 0 Å². The second-order valence-electron chi connectivity index (χ2n) is 10.5. The Morgan fingerprint density at radius 3 is 2.14 bits per heavy atom. The highest BCUT2D eigenvalue weighted by atomic mass is 16.5. The van der Waals surface area contributed by atoms with Crippen LogP contribution < -0.4 is 16.0 Å². The summed E-state index contributed by atoms with van der Waals surface area (Å²) >= 11 is 0. The highest BCUT2D eigenvalue weighted by Gasteiger charge is 2.61. The number of anilines is 2. The molecule has 188 valence electrons. The van der Waals surface area contributed by atoms with Crippen molar-refractivity contribution in [3.8, 4) is 0 Å². The van der Waals surface area contributed by atoms with Crippen molar-refractivity contribution in [1.29, 1.82) is 0 Å². The number of amides is 4. The van der Waals surface area contributed by atoms with E-state index >= 15 is 0 Å². The summed E-state index contributed by atoms with van der Waals surface area (Å²) in [6.45, 7) is 8.75. The predicted octanol–water partition coefficient (Wildman–Crippen LogP) is 5.57. The summed E-state index contributed by atoms with van der Waals surface area (Å²) in [6, 6.07) is 18.2. The van der Waals surface area contributed by atoms with Crippen molar-refractivity contribution < 1.29 is 14.3 Å². The van der Waals surface area contributed by atoms with Crippen LogP contribution in [0.25, 0.3) is 0 Å². The molecule has 2 aromatic carbocycles. The van der Waals surface area contributed by atoms with Crippen LogP contribution >= 0.6 is 0 Å². The molecule has 2 fully saturated rings. The number of urea groups is 2. The molecule has 2 aliphatic rings. The maximum absolute atomic E-state index is 13.0. The molecule has 0 aromatic heterocycles. The van der Waals surface area contributed by atoms with E-state index in [4.69, 9.17) is 4.74 Å². The van der Waals surface area contributed by atoms with Gasteiger partial charge in [-0.3, -0.25) is 0 Å². The van der Waals surface area contributed by atoms with Gasteiger partial charge in [-0.05, 0) is 60.3 Å². The van der Waals surface area contributed by atoms with Crippen molar-refractivity contribution >= 4 is 23.4 Å². The first-order chi connectivity index (χ1) is 16.8. The van der Waals surface area contributed by atoms with E-state index in [2.05, 4.69) is 36.7 Å². The molecule has 0 spiro atoms. The van der Waals surface area contributed by atoms with Gasteiger partial charge in [0, 0.05) is 31.0 Å². The molecule has 4 rings (SSSR count). The van der Waals surface area contributed by atoms with E-state index in [9.17, 15) is 9.59 Å². The molecule has 2 aromatic rings. The number of rotatable bonds is 9. The number of benzene rings is 2. The minimum Gasteiger partial charge on any atom is -0.376 e. The molecule has 2 saturated carbocycles. The number of nitrogens with one attached hydrogen (secondary N) is 3. The number of fused-ring (bicyclic) bond motifs is 2. The Labute approximate surface area is 208 Å². The Balaban J connectivity index is 1.30. The van der Waals surface area contributed by atoms with Gasteiger partial charge in [-0.15, -0.1) is 0 Å². The van der Waals surface area contributed by atoms with Crippen LogP contribution in [0, 0.1) is 16.7 Å². The second-order valence-corrected chi connectivity index (χ2v) is 10.5. The fraction of sp³-hybridized carbons (Fsp3) is 0.500. The standard InChI is InChI=1S/C28H38N4O3/c1-27(2)21-14-15-28(27,3)24(20-21)35-19-18-32(26(34)31-23-12-8-5-9-13-23)17-16-29-25(33)30-22-10-6-4-7-11-22/h4-13,21,24H,14-20H2,1-3H3,(H,31,34)(H2,29,30,33)/t21-,24-,28-/m0/s1. The third-order valence-electron chi connectivity index (χ3n) is 8.41. The lowest BCUT2D eigenvalue weighted by Crippen LogP contribution is -2.44. The van der Waals surface area contributed by atoms with Gasteiger partial charge in [-0.1, -0.05) is 57.2 Å². The highest BCUT2D eigenvalue weighted by Crippen LogP contribution is 2.66. The first kappa shape index (κ1) is 25.0. The zero-order valence-corrected chi connectivity index (χ0v) is 21.0. The van der Waals surface area contributed by atoms with Gasteiger partial charge in [0.05, 0.1) is 12.7 Å². The first-order valence-corrected chi connectivity index (χ1v) is 12.6. The van der Waals surface area contributed by atoms with Crippen molar-refractivity contribution in [3.63, 3.8) is 0 Å². The van der Waals surface area contributed by atoms with Crippen LogP contribution in [-0.4, -0.2) is 49.3 Å². The Bertz CT molecular complexity index is 998. The van der Waals surface area contributed by atoms with Gasteiger partial charge >= 0.3 is 12.1 Å². The Hall–Kier alpha value is -3.06. The van der Waals surface area contributed by atoms with Gasteiger partial charge < -0.3 is 25.6 Å². The predicted molar refractivity (Wildman–Crippen MR) is 139 cm³/mol. The molecule has 7 heteroatoms. The summed E-state index contributed by atoms with van der Waals surface area (Å²) in [5.41, 5.74) is 1.93. The van der Waals surface area contributed by atoms with E-state index in [1.54, 1.807) is 4.90 Å². The van der Waals surface area contributed by atoms with Crippen LogP contribution in [0.2, 0.25) is 0 Å². The van der Waals surface area contributed by atoms with E-state index in [0.717, 1.165) is 17.8 Å². The molecule has 7 nitrogen and oxygen atoms in total. The Morgan fingerprint density at radius 2 is 1.57 bits per heavy atom. The fourth-order valence-corrected chi connectivity index (χ4v) is 5.73. The normalized spacial score (nSPS) is 24.1. The van der Waals surface area contributed by atoms with Gasteiger partial charge in [-0.2, -0.15) is 0 Å². The number of para-hydroxylation sites is 2. The number of ether oxygens (including phenoxy) is 1. The van der Waals surface area contributed by atoms with E-state index in [-0.39, 0.29) is 29.0 Å². The summed E-state index contributed by atoms with van der Waals surface area (Å²) in [4.78, 5) is 27.0. The lowest BCUT2D eigenvalue weighted by molar-refractivity contribution is -0.0494. The largest absolute Gasteiger partial charge is 0.376 e. The molecule has 4 amide bonds. The quantitative estimate of drug-likeness (QED) is 0.440. The zero-order valence-electron chi connectivity index (χ0n) is 21.0. The molecule has 2 bridgehead atoms. The van der Waals surface area contributed by atoms with Crippen LogP contribution in [-0.2, 0) is 4.74 Å². The van der Waals surface area contributed by atoms with E-state index in [1.165, 1.54) is 12.8 Å². The Morgan fingerprint density at radius 1 is 0.943 bits per heavy atom. The smallest absolute Gasteiger partial charge is 0.321 e. The molecular weight excluding hydrogens is 440 g/mol. The summed E-state index contributed by atoms with van der Waals surface area (Å²) in [7, 11) is 0. The highest BCUT2D eigenvalue weighted by molar-refractivity contribution is 5.90. The number of hydrogen-bond acceptors (Lipinski definition) is 3. The second kappa shape index (κ2) is 10.7. The summed E-state index contributed by atoms with van der Waals surface area (Å²) in [5.74, 6) is 0.710. The van der Waals surface area contributed by atoms with Gasteiger partial charge in [0.25, 0.3) is 0 Å². The SMILES string of the molecule is CC1(C)[C@H]2CC[C@@]1(C)[C@@H](OCCN(CCNC(=O)Nc1ccccc1)C(=O)Nc1ccccc1)C2. The van der Waals surface area contributed by atoms with Crippen molar-refractivity contribution in [3.05, 3.63) is 60.7 Å². The number of carbonyl (C=O) groups is 2. The first-order valence-electron chi connectivity index (χ1n) is 12.6. The molecule has 35 heavy (non-hydrogen) atoms. The van der Waals surface area contributed by atoms with Crippen LogP contribution in [0.15, 0.2) is 60.7 Å². The Kier molecular flexibility index (Phi) is 7.65. The third kappa shape index (κ3) is 5.61. The van der Waals surface area contributed by atoms with Crippen LogP contribution in [0.4, 0.5) is 21.0 Å². The van der Waals surface area contributed by atoms with E-state index in [0.29, 0.717) is 32.2 Å². The van der Waals surface area contributed by atoms with Crippen molar-refractivity contribution in [2.45, 2.75) is 46.1 Å². The van der Waals surface area contributed by atoms with Gasteiger partial charge in [-0.25, -0.2) is 9.59 Å². The van der Waals surface area contributed by atoms with E-state index in [1.807, 2.05) is 60.7 Å². The van der Waals surface area contributed by atoms with Crippen molar-refractivity contribution in [2.75, 3.05) is 36.9 Å². The average Bonchev–Trinajstić information content (AvgIpc) is 3.18. The summed E-state index contributed by atoms with van der Waals surface area (Å²) in [5, 5.41) is 8.59. The molecule has 0 aliphatic heterocycles. The minimum atomic E-state index is -0.298. The lowest BCUT2D eigenvalue weighted by atomic mass is 9.70. The molecule has 2 aliphatic carbocycles. The van der Waals surface area contributed by atoms with Crippen molar-refractivity contribution in [1.82, 2.24) is 10.2 Å². The lowest BCUT2D eigenvalue weighted by Gasteiger charge is -2.39. The summed E-state index contributed by atoms with van der Waals surface area (Å²) < 4.78 is 6.39. The van der Waals surface area contributed by atoms with Crippen LogP contribution in [0.1, 0.15) is 40.0 Å². The monoisotopic (exact) mass is 478 g/mol. The maximum Gasteiger partial charge on any atom is 0.321 e. The molecule has 0 radical (unpaired) electrons. The third-order valence-corrected chi connectivity index (χ3v) is 8.41. The van der Waals surface area contributed by atoms with Gasteiger partial charge in [0.15, 0.2) is 0 Å². The van der Waals surface area contributed by atoms with E-state index < -0.39 is 0 Å². The fourth-order valence-electron chi connectivity index (χ4n) is 5.73. The number of carbonyl (C=O) groups excluding carboxylic acids is 2. The minimum absolute atomic E-state index is 0.186. The molecule has 3 atom stereocenters. The van der Waals surface area contributed by atoms with Crippen molar-refractivity contribution in [2.24, 2.45) is 16.7 Å². The molecule has 0 saturated heterocycles. The number of hydrogen-bond donors (Lipinski definition) is 3.